The first-order chi connectivity index (χ1) is 31.4. The van der Waals surface area contributed by atoms with Gasteiger partial charge in [-0.25, -0.2) is 0 Å². The van der Waals surface area contributed by atoms with Gasteiger partial charge in [-0.2, -0.15) is 0 Å². The molecule has 0 aromatic heterocycles. The van der Waals surface area contributed by atoms with Crippen LogP contribution < -0.4 is 0 Å². The Bertz CT molecular complexity index is 864. The Balaban J connectivity index is 4.36. The van der Waals surface area contributed by atoms with Crippen molar-refractivity contribution < 1.29 is 28.5 Å². The highest BCUT2D eigenvalue weighted by Crippen LogP contribution is 2.24. The number of esters is 2. The standard InChI is InChI=1S/C56H112N2O6/c1-7-11-15-25-35-53(36-26-16-12-8-2)39-33-47-63-55(59)41-29-21-19-23-31-43-58(46-50-62-52-51-61-49-45-57(5)6)44-32-24-20-22-30-42-56(60)64-48-34-40-54(37-27-17-13-9-3)38-28-18-14-10-4/h53-54H,7-52H2,1-6H3. The van der Waals surface area contributed by atoms with Gasteiger partial charge in [0.2, 0.25) is 0 Å². The van der Waals surface area contributed by atoms with Crippen LogP contribution >= 0.6 is 0 Å². The Hall–Kier alpha value is -1.22. The molecule has 0 heterocycles. The molecule has 0 aromatic carbocycles. The van der Waals surface area contributed by atoms with Gasteiger partial charge in [-0.1, -0.05) is 195 Å². The Labute approximate surface area is 399 Å². The normalized spacial score (nSPS) is 11.8. The van der Waals surface area contributed by atoms with Crippen LogP contribution in [0.25, 0.3) is 0 Å². The lowest BCUT2D eigenvalue weighted by molar-refractivity contribution is -0.144. The quantitative estimate of drug-likeness (QED) is 0.0441. The number of rotatable bonds is 53. The molecule has 0 N–H and O–H groups in total. The van der Waals surface area contributed by atoms with Crippen LogP contribution in [0, 0.1) is 11.8 Å². The average Bonchev–Trinajstić information content (AvgIpc) is 3.28. The van der Waals surface area contributed by atoms with E-state index in [1.54, 1.807) is 0 Å². The average molecular weight is 910 g/mol. The van der Waals surface area contributed by atoms with Crippen molar-refractivity contribution in [2.24, 2.45) is 11.8 Å². The molecular formula is C56H112N2O6. The number of carbonyl (C=O) groups excluding carboxylic acids is 2. The zero-order valence-electron chi connectivity index (χ0n) is 44.0. The first-order valence-electron chi connectivity index (χ1n) is 28.2. The van der Waals surface area contributed by atoms with E-state index in [-0.39, 0.29) is 11.9 Å². The van der Waals surface area contributed by atoms with Gasteiger partial charge < -0.3 is 28.7 Å². The number of hydrogen-bond acceptors (Lipinski definition) is 8. The fraction of sp³-hybridized carbons (Fsp3) is 0.964. The first kappa shape index (κ1) is 62.8. The molecule has 8 nitrogen and oxygen atoms in total. The van der Waals surface area contributed by atoms with Gasteiger partial charge in [-0.3, -0.25) is 9.59 Å². The van der Waals surface area contributed by atoms with Crippen molar-refractivity contribution in [2.45, 2.75) is 259 Å². The zero-order valence-corrected chi connectivity index (χ0v) is 44.0. The molecule has 0 bridgehead atoms. The number of likely N-dealkylation sites (N-methyl/N-ethyl adjacent to an activating group) is 1. The van der Waals surface area contributed by atoms with Gasteiger partial charge in [0.05, 0.1) is 39.6 Å². The highest BCUT2D eigenvalue weighted by molar-refractivity contribution is 5.69. The minimum Gasteiger partial charge on any atom is -0.466 e. The molecule has 382 valence electrons. The Morgan fingerprint density at radius 3 is 1.05 bits per heavy atom. The van der Waals surface area contributed by atoms with Gasteiger partial charge in [0, 0.05) is 25.9 Å². The highest BCUT2D eigenvalue weighted by atomic mass is 16.5. The van der Waals surface area contributed by atoms with Gasteiger partial charge in [0.1, 0.15) is 0 Å². The van der Waals surface area contributed by atoms with Crippen molar-refractivity contribution in [1.82, 2.24) is 9.80 Å². The summed E-state index contributed by atoms with van der Waals surface area (Å²) in [6, 6.07) is 0. The maximum Gasteiger partial charge on any atom is 0.305 e. The number of ether oxygens (including phenoxy) is 4. The molecule has 64 heavy (non-hydrogen) atoms. The van der Waals surface area contributed by atoms with Gasteiger partial charge in [-0.15, -0.1) is 0 Å². The largest absolute Gasteiger partial charge is 0.466 e. The SMILES string of the molecule is CCCCCCC(CCCCCC)CCCOC(=O)CCCCCCCN(CCCCCCCC(=O)OCCCC(CCCCCC)CCCCCC)CCOCCOCCN(C)C. The fourth-order valence-electron chi connectivity index (χ4n) is 8.93. The highest BCUT2D eigenvalue weighted by Gasteiger charge is 2.12. The van der Waals surface area contributed by atoms with Crippen molar-refractivity contribution in [3.63, 3.8) is 0 Å². The number of carbonyl (C=O) groups is 2. The molecule has 0 radical (unpaired) electrons. The van der Waals surface area contributed by atoms with E-state index in [2.05, 4.69) is 51.6 Å². The molecule has 0 atom stereocenters. The van der Waals surface area contributed by atoms with Crippen molar-refractivity contribution in [3.05, 3.63) is 0 Å². The van der Waals surface area contributed by atoms with Gasteiger partial charge in [0.25, 0.3) is 0 Å². The Kier molecular flexibility index (Phi) is 50.2. The van der Waals surface area contributed by atoms with Crippen molar-refractivity contribution in [3.8, 4) is 0 Å². The third-order valence-electron chi connectivity index (χ3n) is 13.2. The summed E-state index contributed by atoms with van der Waals surface area (Å²) in [6.07, 6.45) is 43.5. The lowest BCUT2D eigenvalue weighted by Gasteiger charge is -2.22. The zero-order chi connectivity index (χ0) is 46.8. The van der Waals surface area contributed by atoms with Crippen molar-refractivity contribution in [2.75, 3.05) is 79.9 Å². The first-order valence-corrected chi connectivity index (χ1v) is 28.2. The molecule has 0 aromatic rings. The van der Waals surface area contributed by atoms with E-state index in [9.17, 15) is 9.59 Å². The van der Waals surface area contributed by atoms with Gasteiger partial charge >= 0.3 is 11.9 Å². The molecule has 8 heteroatoms. The molecule has 0 aliphatic rings. The van der Waals surface area contributed by atoms with E-state index in [1.807, 2.05) is 0 Å². The van der Waals surface area contributed by atoms with Crippen LogP contribution in [0.5, 0.6) is 0 Å². The third kappa shape index (κ3) is 47.3. The van der Waals surface area contributed by atoms with Gasteiger partial charge in [0.15, 0.2) is 0 Å². The Morgan fingerprint density at radius 1 is 0.344 bits per heavy atom. The summed E-state index contributed by atoms with van der Waals surface area (Å²) in [5.41, 5.74) is 0. The smallest absolute Gasteiger partial charge is 0.305 e. The molecule has 0 unspecified atom stereocenters. The lowest BCUT2D eigenvalue weighted by Crippen LogP contribution is -2.30. The van der Waals surface area contributed by atoms with Crippen molar-refractivity contribution in [1.29, 1.82) is 0 Å². The molecule has 0 amide bonds. The lowest BCUT2D eigenvalue weighted by atomic mass is 9.91. The summed E-state index contributed by atoms with van der Waals surface area (Å²) in [4.78, 5) is 29.6. The predicted octanol–water partition coefficient (Wildman–Crippen LogP) is 15.3. The van der Waals surface area contributed by atoms with E-state index in [0.29, 0.717) is 39.3 Å². The van der Waals surface area contributed by atoms with E-state index < -0.39 is 0 Å². The van der Waals surface area contributed by atoms with Crippen molar-refractivity contribution >= 4 is 11.9 Å². The van der Waals surface area contributed by atoms with Crippen LogP contribution in [0.15, 0.2) is 0 Å². The van der Waals surface area contributed by atoms with E-state index in [4.69, 9.17) is 18.9 Å². The van der Waals surface area contributed by atoms with Crippen LogP contribution in [0.1, 0.15) is 259 Å². The molecule has 0 saturated heterocycles. The van der Waals surface area contributed by atoms with E-state index in [1.165, 1.54) is 180 Å². The monoisotopic (exact) mass is 909 g/mol. The summed E-state index contributed by atoms with van der Waals surface area (Å²) >= 11 is 0. The number of nitrogens with zero attached hydrogens (tertiary/aromatic N) is 2. The van der Waals surface area contributed by atoms with Crippen LogP contribution in [0.2, 0.25) is 0 Å². The second-order valence-electron chi connectivity index (χ2n) is 19.8. The molecule has 0 aliphatic carbocycles. The topological polar surface area (TPSA) is 77.5 Å². The number of hydrogen-bond donors (Lipinski definition) is 0. The summed E-state index contributed by atoms with van der Waals surface area (Å²) in [5, 5.41) is 0. The molecule has 0 rings (SSSR count). The maximum atomic E-state index is 12.5. The van der Waals surface area contributed by atoms with Crippen LogP contribution in [0.3, 0.4) is 0 Å². The van der Waals surface area contributed by atoms with E-state index >= 15 is 0 Å². The summed E-state index contributed by atoms with van der Waals surface area (Å²) in [6.45, 7) is 17.1. The predicted molar refractivity (Wildman–Crippen MR) is 274 cm³/mol. The Morgan fingerprint density at radius 2 is 0.672 bits per heavy atom. The van der Waals surface area contributed by atoms with Gasteiger partial charge in [-0.05, 0) is 90.4 Å². The fourth-order valence-corrected chi connectivity index (χ4v) is 8.93. The molecular weight excluding hydrogens is 797 g/mol. The number of unbranched alkanes of at least 4 members (excludes halogenated alkanes) is 20. The summed E-state index contributed by atoms with van der Waals surface area (Å²) in [7, 11) is 4.13. The van der Waals surface area contributed by atoms with Crippen LogP contribution in [-0.2, 0) is 28.5 Å². The van der Waals surface area contributed by atoms with Crippen LogP contribution in [-0.4, -0.2) is 102 Å². The molecule has 0 aliphatic heterocycles. The minimum atomic E-state index is -0.00731. The molecule has 0 spiro atoms. The summed E-state index contributed by atoms with van der Waals surface area (Å²) < 4.78 is 23.0. The molecule has 0 saturated carbocycles. The van der Waals surface area contributed by atoms with Crippen LogP contribution in [0.4, 0.5) is 0 Å². The second kappa shape index (κ2) is 51.2. The maximum absolute atomic E-state index is 12.5. The second-order valence-corrected chi connectivity index (χ2v) is 19.8. The minimum absolute atomic E-state index is 0.00731. The van der Waals surface area contributed by atoms with E-state index in [0.717, 1.165) is 89.8 Å². The summed E-state index contributed by atoms with van der Waals surface area (Å²) in [5.74, 6) is 1.59. The molecule has 0 fully saturated rings. The third-order valence-corrected chi connectivity index (χ3v) is 13.2.